The van der Waals surface area contributed by atoms with E-state index in [0.29, 0.717) is 19.0 Å². The fourth-order valence-corrected chi connectivity index (χ4v) is 3.65. The van der Waals surface area contributed by atoms with Crippen LogP contribution in [0.25, 0.3) is 0 Å². The van der Waals surface area contributed by atoms with Crippen LogP contribution in [0.5, 0.6) is 0 Å². The van der Waals surface area contributed by atoms with Crippen molar-refractivity contribution in [2.45, 2.75) is 51.6 Å². The van der Waals surface area contributed by atoms with Gasteiger partial charge in [0.25, 0.3) is 0 Å². The molecule has 2 atom stereocenters. The first-order valence-electron chi connectivity index (χ1n) is 8.43. The van der Waals surface area contributed by atoms with Crippen LogP contribution in [0.15, 0.2) is 0 Å². The van der Waals surface area contributed by atoms with Crippen molar-refractivity contribution in [2.24, 2.45) is 11.8 Å². The Morgan fingerprint density at radius 3 is 2.65 bits per heavy atom. The summed E-state index contributed by atoms with van der Waals surface area (Å²) in [5, 5.41) is 0. The highest BCUT2D eigenvalue weighted by molar-refractivity contribution is 5.89. The van der Waals surface area contributed by atoms with Crippen molar-refractivity contribution in [1.29, 1.82) is 0 Å². The topological polar surface area (TPSA) is 40.6 Å². The number of nitrogens with zero attached hydrogens (tertiary/aromatic N) is 2. The van der Waals surface area contributed by atoms with Crippen molar-refractivity contribution in [3.63, 3.8) is 0 Å². The molecule has 2 fully saturated rings. The molecule has 0 spiro atoms. The van der Waals surface area contributed by atoms with E-state index in [1.807, 2.05) is 0 Å². The molecule has 0 aromatic rings. The minimum absolute atomic E-state index is 0.0935. The number of halogens is 3. The Kier molecular flexibility index (Phi) is 5.92. The zero-order valence-corrected chi connectivity index (χ0v) is 13.6. The molecule has 0 radical (unpaired) electrons. The average molecular weight is 334 g/mol. The van der Waals surface area contributed by atoms with Crippen LogP contribution in [0.4, 0.5) is 13.2 Å². The van der Waals surface area contributed by atoms with Crippen molar-refractivity contribution in [2.75, 3.05) is 26.2 Å². The van der Waals surface area contributed by atoms with Crippen LogP contribution in [0.2, 0.25) is 0 Å². The highest BCUT2D eigenvalue weighted by atomic mass is 19.4. The number of alkyl halides is 3. The molecule has 132 valence electrons. The van der Waals surface area contributed by atoms with Crippen molar-refractivity contribution in [3.05, 3.63) is 0 Å². The molecule has 0 aromatic heterocycles. The molecule has 2 saturated heterocycles. The summed E-state index contributed by atoms with van der Waals surface area (Å²) in [6.45, 7) is 2.10. The van der Waals surface area contributed by atoms with E-state index in [-0.39, 0.29) is 18.9 Å². The Balaban J connectivity index is 1.89. The molecule has 0 aromatic carbocycles. The van der Waals surface area contributed by atoms with Gasteiger partial charge in [0, 0.05) is 26.1 Å². The van der Waals surface area contributed by atoms with Crippen LogP contribution < -0.4 is 0 Å². The van der Waals surface area contributed by atoms with Gasteiger partial charge in [0.1, 0.15) is 6.54 Å². The molecule has 2 aliphatic rings. The van der Waals surface area contributed by atoms with E-state index in [9.17, 15) is 22.8 Å². The predicted octanol–water partition coefficient (Wildman–Crippen LogP) is 2.83. The van der Waals surface area contributed by atoms with Crippen LogP contribution in [0.3, 0.4) is 0 Å². The maximum Gasteiger partial charge on any atom is 0.406 e. The summed E-state index contributed by atoms with van der Waals surface area (Å²) in [4.78, 5) is 26.8. The molecule has 7 heteroatoms. The van der Waals surface area contributed by atoms with Gasteiger partial charge in [-0.15, -0.1) is 0 Å². The maximum absolute atomic E-state index is 12.5. The number of hydrogen-bond acceptors (Lipinski definition) is 2. The lowest BCUT2D eigenvalue weighted by Gasteiger charge is -2.24. The van der Waals surface area contributed by atoms with Crippen molar-refractivity contribution in [3.8, 4) is 0 Å². The molecule has 4 nitrogen and oxygen atoms in total. The Morgan fingerprint density at radius 2 is 2.00 bits per heavy atom. The van der Waals surface area contributed by atoms with Gasteiger partial charge in [0.2, 0.25) is 11.8 Å². The molecule has 2 unspecified atom stereocenters. The average Bonchev–Trinajstić information content (AvgIpc) is 2.68. The van der Waals surface area contributed by atoms with E-state index in [4.69, 9.17) is 0 Å². The Labute approximate surface area is 135 Å². The van der Waals surface area contributed by atoms with E-state index in [2.05, 4.69) is 6.92 Å². The first kappa shape index (κ1) is 18.1. The lowest BCUT2D eigenvalue weighted by Crippen LogP contribution is -2.39. The molecule has 2 aliphatic heterocycles. The molecule has 0 bridgehead atoms. The van der Waals surface area contributed by atoms with E-state index < -0.39 is 24.5 Å². The maximum atomic E-state index is 12.5. The normalized spacial score (nSPS) is 26.5. The predicted molar refractivity (Wildman–Crippen MR) is 79.6 cm³/mol. The summed E-state index contributed by atoms with van der Waals surface area (Å²) in [6, 6.07) is 0. The van der Waals surface area contributed by atoms with Gasteiger partial charge in [-0.3, -0.25) is 9.59 Å². The first-order chi connectivity index (χ1) is 10.8. The number of amides is 2. The Hall–Kier alpha value is -1.27. The van der Waals surface area contributed by atoms with Gasteiger partial charge in [-0.2, -0.15) is 13.2 Å². The van der Waals surface area contributed by atoms with Crippen molar-refractivity contribution < 1.29 is 22.8 Å². The Morgan fingerprint density at radius 1 is 1.26 bits per heavy atom. The van der Waals surface area contributed by atoms with Gasteiger partial charge < -0.3 is 9.80 Å². The van der Waals surface area contributed by atoms with Crippen molar-refractivity contribution in [1.82, 2.24) is 9.80 Å². The number of hydrogen-bond donors (Lipinski definition) is 0. The molecule has 2 rings (SSSR count). The Bertz CT molecular complexity index is 440. The summed E-state index contributed by atoms with van der Waals surface area (Å²) in [6.07, 6.45) is 0.760. The zero-order chi connectivity index (χ0) is 17.0. The van der Waals surface area contributed by atoms with Gasteiger partial charge in [-0.05, 0) is 25.2 Å². The summed E-state index contributed by atoms with van der Waals surface area (Å²) in [7, 11) is 0. The second-order valence-electron chi connectivity index (χ2n) is 6.70. The first-order valence-corrected chi connectivity index (χ1v) is 8.43. The lowest BCUT2D eigenvalue weighted by molar-refractivity contribution is -0.157. The fourth-order valence-electron chi connectivity index (χ4n) is 3.65. The number of likely N-dealkylation sites (tertiary alicyclic amines) is 2. The summed E-state index contributed by atoms with van der Waals surface area (Å²) < 4.78 is 37.3. The van der Waals surface area contributed by atoms with Crippen LogP contribution in [-0.4, -0.2) is 54.0 Å². The van der Waals surface area contributed by atoms with Crippen molar-refractivity contribution >= 4 is 11.8 Å². The molecule has 2 heterocycles. The third-order valence-electron chi connectivity index (χ3n) is 4.79. The highest BCUT2D eigenvalue weighted by Gasteiger charge is 2.41. The second kappa shape index (κ2) is 7.53. The molecule has 0 saturated carbocycles. The van der Waals surface area contributed by atoms with Crippen LogP contribution in [-0.2, 0) is 9.59 Å². The molecule has 0 aliphatic carbocycles. The SMILES string of the molecule is CCCC1CCCN(C(=O)C2CC(=O)N(CC(F)(F)F)C2)CC1. The fraction of sp³-hybridized carbons (Fsp3) is 0.875. The van der Waals surface area contributed by atoms with Gasteiger partial charge in [0.05, 0.1) is 5.92 Å². The van der Waals surface area contributed by atoms with E-state index >= 15 is 0 Å². The molecular formula is C16H25F3N2O2. The van der Waals surface area contributed by atoms with Gasteiger partial charge in [-0.1, -0.05) is 19.8 Å². The van der Waals surface area contributed by atoms with Gasteiger partial charge in [0.15, 0.2) is 0 Å². The minimum atomic E-state index is -4.41. The second-order valence-corrected chi connectivity index (χ2v) is 6.70. The third kappa shape index (κ3) is 5.11. The third-order valence-corrected chi connectivity index (χ3v) is 4.79. The van der Waals surface area contributed by atoms with Crippen LogP contribution >= 0.6 is 0 Å². The standard InChI is InChI=1S/C16H25F3N2O2/c1-2-4-12-5-3-7-20(8-6-12)15(23)13-9-14(22)21(10-13)11-16(17,18)19/h12-13H,2-11H2,1H3. The minimum Gasteiger partial charge on any atom is -0.342 e. The monoisotopic (exact) mass is 334 g/mol. The number of carbonyl (C=O) groups excluding carboxylic acids is 2. The molecular weight excluding hydrogens is 309 g/mol. The molecule has 2 amide bonds. The summed E-state index contributed by atoms with van der Waals surface area (Å²) >= 11 is 0. The van der Waals surface area contributed by atoms with E-state index in [0.717, 1.165) is 37.0 Å². The lowest BCUT2D eigenvalue weighted by atomic mass is 9.96. The number of rotatable bonds is 4. The van der Waals surface area contributed by atoms with Crippen LogP contribution in [0.1, 0.15) is 45.4 Å². The summed E-state index contributed by atoms with van der Waals surface area (Å²) in [5.74, 6) is -0.711. The zero-order valence-electron chi connectivity index (χ0n) is 13.6. The van der Waals surface area contributed by atoms with E-state index in [1.54, 1.807) is 4.90 Å². The van der Waals surface area contributed by atoms with Crippen LogP contribution in [0, 0.1) is 11.8 Å². The van der Waals surface area contributed by atoms with E-state index in [1.165, 1.54) is 0 Å². The summed E-state index contributed by atoms with van der Waals surface area (Å²) in [5.41, 5.74) is 0. The van der Waals surface area contributed by atoms with Gasteiger partial charge in [-0.25, -0.2) is 0 Å². The van der Waals surface area contributed by atoms with Gasteiger partial charge >= 0.3 is 6.18 Å². The number of carbonyl (C=O) groups is 2. The quantitative estimate of drug-likeness (QED) is 0.793. The molecule has 0 N–H and O–H groups in total. The smallest absolute Gasteiger partial charge is 0.342 e. The largest absolute Gasteiger partial charge is 0.406 e. The molecule has 23 heavy (non-hydrogen) atoms. The highest BCUT2D eigenvalue weighted by Crippen LogP contribution is 2.27.